The Bertz CT molecular complexity index is 369. The minimum absolute atomic E-state index is 0.568. The number of nitrogens with zero attached hydrogens (tertiary/aromatic N) is 1. The second kappa shape index (κ2) is 3.25. The van der Waals surface area contributed by atoms with Crippen molar-refractivity contribution in [2.24, 2.45) is 0 Å². The largest absolute Gasteiger partial charge is 0.180 e. The molecule has 0 saturated carbocycles. The second-order valence-electron chi connectivity index (χ2n) is 2.38. The molecule has 0 unspecified atom stereocenters. The first kappa shape index (κ1) is 7.77. The van der Waals surface area contributed by atoms with E-state index in [4.69, 9.17) is 11.6 Å². The molecule has 1 aromatic heterocycles. The smallest absolute Gasteiger partial charge is 0.143 e. The molecule has 0 amide bonds. The summed E-state index contributed by atoms with van der Waals surface area (Å²) in [6.45, 7) is 0. The maximum absolute atomic E-state index is 5.71. The summed E-state index contributed by atoms with van der Waals surface area (Å²) < 4.78 is 4.00. The van der Waals surface area contributed by atoms with E-state index in [0.717, 1.165) is 4.88 Å². The van der Waals surface area contributed by atoms with Gasteiger partial charge in [-0.3, -0.25) is 0 Å². The van der Waals surface area contributed by atoms with Crippen molar-refractivity contribution in [2.75, 3.05) is 0 Å². The van der Waals surface area contributed by atoms with Gasteiger partial charge in [0.25, 0.3) is 0 Å². The van der Waals surface area contributed by atoms with E-state index in [0.29, 0.717) is 5.15 Å². The van der Waals surface area contributed by atoms with Gasteiger partial charge in [0.1, 0.15) is 5.15 Å². The van der Waals surface area contributed by atoms with E-state index in [2.05, 4.69) is 4.37 Å². The number of rotatable bonds is 1. The fraction of sp³-hybridized carbons (Fsp3) is 0. The van der Waals surface area contributed by atoms with Gasteiger partial charge in [-0.25, -0.2) is 0 Å². The molecule has 60 valence electrons. The Balaban J connectivity index is 2.45. The molecule has 0 saturated heterocycles. The van der Waals surface area contributed by atoms with E-state index >= 15 is 0 Å². The van der Waals surface area contributed by atoms with Crippen LogP contribution in [-0.4, -0.2) is 4.37 Å². The zero-order valence-corrected chi connectivity index (χ0v) is 7.77. The van der Waals surface area contributed by atoms with Crippen LogP contribution >= 0.6 is 23.1 Å². The lowest BCUT2D eigenvalue weighted by molar-refractivity contribution is 1.58. The van der Waals surface area contributed by atoms with Gasteiger partial charge in [-0.05, 0) is 23.2 Å². The highest BCUT2D eigenvalue weighted by molar-refractivity contribution is 7.09. The lowest BCUT2D eigenvalue weighted by Crippen LogP contribution is -1.67. The first-order valence-corrected chi connectivity index (χ1v) is 4.69. The molecule has 2 aromatic rings. The van der Waals surface area contributed by atoms with Crippen LogP contribution in [0.25, 0.3) is 10.4 Å². The topological polar surface area (TPSA) is 12.9 Å². The van der Waals surface area contributed by atoms with Gasteiger partial charge in [-0.1, -0.05) is 41.9 Å². The van der Waals surface area contributed by atoms with Crippen molar-refractivity contribution >= 4 is 23.1 Å². The van der Waals surface area contributed by atoms with E-state index in [1.54, 1.807) is 0 Å². The van der Waals surface area contributed by atoms with Gasteiger partial charge in [0.05, 0.1) is 4.88 Å². The van der Waals surface area contributed by atoms with Gasteiger partial charge < -0.3 is 0 Å². The van der Waals surface area contributed by atoms with Crippen molar-refractivity contribution in [3.05, 3.63) is 41.6 Å². The van der Waals surface area contributed by atoms with Crippen molar-refractivity contribution in [3.8, 4) is 10.4 Å². The van der Waals surface area contributed by atoms with E-state index in [-0.39, 0.29) is 0 Å². The summed E-state index contributed by atoms with van der Waals surface area (Å²) in [6, 6.07) is 12.0. The van der Waals surface area contributed by atoms with Crippen molar-refractivity contribution in [3.63, 3.8) is 0 Å². The lowest BCUT2D eigenvalue weighted by atomic mass is 10.2. The predicted octanol–water partition coefficient (Wildman–Crippen LogP) is 3.46. The van der Waals surface area contributed by atoms with Crippen LogP contribution in [-0.2, 0) is 0 Å². The molecule has 0 N–H and O–H groups in total. The molecule has 0 fully saturated rings. The number of hydrogen-bond donors (Lipinski definition) is 0. The Hall–Kier alpha value is -0.860. The summed E-state index contributed by atoms with van der Waals surface area (Å²) in [7, 11) is 0. The molecular formula is C9H6ClNS. The second-order valence-corrected chi connectivity index (χ2v) is 3.57. The zero-order chi connectivity index (χ0) is 8.39. The lowest BCUT2D eigenvalue weighted by Gasteiger charge is -1.92. The first-order valence-electron chi connectivity index (χ1n) is 3.54. The Morgan fingerprint density at radius 3 is 2.50 bits per heavy atom. The third-order valence-corrected chi connectivity index (χ3v) is 2.67. The zero-order valence-electron chi connectivity index (χ0n) is 6.20. The van der Waals surface area contributed by atoms with Crippen LogP contribution in [0.3, 0.4) is 0 Å². The Kier molecular flexibility index (Phi) is 2.11. The third kappa shape index (κ3) is 1.49. The Labute approximate surface area is 79.8 Å². The fourth-order valence-electron chi connectivity index (χ4n) is 0.992. The van der Waals surface area contributed by atoms with E-state index < -0.39 is 0 Å². The first-order chi connectivity index (χ1) is 5.86. The fourth-order valence-corrected chi connectivity index (χ4v) is 1.91. The molecule has 1 heterocycles. The van der Waals surface area contributed by atoms with Crippen LogP contribution in [0, 0.1) is 0 Å². The normalized spacial score (nSPS) is 10.1. The van der Waals surface area contributed by atoms with Gasteiger partial charge in [-0.15, -0.1) is 0 Å². The molecule has 12 heavy (non-hydrogen) atoms. The average Bonchev–Trinajstić information content (AvgIpc) is 2.54. The van der Waals surface area contributed by atoms with Gasteiger partial charge in [0.15, 0.2) is 0 Å². The van der Waals surface area contributed by atoms with Crippen LogP contribution in [0.5, 0.6) is 0 Å². The molecule has 0 spiro atoms. The molecule has 0 bridgehead atoms. The van der Waals surface area contributed by atoms with Gasteiger partial charge in [-0.2, -0.15) is 4.37 Å². The summed E-state index contributed by atoms with van der Waals surface area (Å²) in [6.07, 6.45) is 0. The van der Waals surface area contributed by atoms with E-state index in [9.17, 15) is 0 Å². The summed E-state index contributed by atoms with van der Waals surface area (Å²) in [5.41, 5.74) is 1.17. The summed E-state index contributed by atoms with van der Waals surface area (Å²) in [5, 5.41) is 0.568. The van der Waals surface area contributed by atoms with Crippen molar-refractivity contribution in [1.29, 1.82) is 0 Å². The summed E-state index contributed by atoms with van der Waals surface area (Å²) in [5.74, 6) is 0. The Morgan fingerprint density at radius 2 is 1.92 bits per heavy atom. The molecule has 0 aliphatic carbocycles. The van der Waals surface area contributed by atoms with E-state index in [1.807, 2.05) is 36.4 Å². The van der Waals surface area contributed by atoms with Gasteiger partial charge in [0, 0.05) is 0 Å². The minimum atomic E-state index is 0.568. The van der Waals surface area contributed by atoms with Crippen LogP contribution < -0.4 is 0 Å². The molecule has 0 radical (unpaired) electrons. The SMILES string of the molecule is Clc1cc(-c2ccccc2)sn1. The van der Waals surface area contributed by atoms with Gasteiger partial charge >= 0.3 is 0 Å². The number of halogens is 1. The molecular weight excluding hydrogens is 190 g/mol. The highest BCUT2D eigenvalue weighted by Gasteiger charge is 2.00. The molecule has 1 aromatic carbocycles. The molecule has 1 nitrogen and oxygen atoms in total. The standard InChI is InChI=1S/C9H6ClNS/c10-9-6-8(12-11-9)7-4-2-1-3-5-7/h1-6H. The summed E-state index contributed by atoms with van der Waals surface area (Å²) in [4.78, 5) is 1.11. The third-order valence-electron chi connectivity index (χ3n) is 1.54. The van der Waals surface area contributed by atoms with Crippen molar-refractivity contribution < 1.29 is 0 Å². The maximum atomic E-state index is 5.71. The van der Waals surface area contributed by atoms with Crippen LogP contribution in [0.1, 0.15) is 0 Å². The average molecular weight is 196 g/mol. The van der Waals surface area contributed by atoms with Crippen molar-refractivity contribution in [2.45, 2.75) is 0 Å². The summed E-state index contributed by atoms with van der Waals surface area (Å²) >= 11 is 7.13. The number of benzene rings is 1. The highest BCUT2D eigenvalue weighted by Crippen LogP contribution is 2.25. The predicted molar refractivity (Wildman–Crippen MR) is 52.6 cm³/mol. The van der Waals surface area contributed by atoms with E-state index in [1.165, 1.54) is 17.1 Å². The van der Waals surface area contributed by atoms with Crippen LogP contribution in [0.15, 0.2) is 36.4 Å². The van der Waals surface area contributed by atoms with Gasteiger partial charge in [0.2, 0.25) is 0 Å². The molecule has 0 aliphatic heterocycles. The highest BCUT2D eigenvalue weighted by atomic mass is 35.5. The maximum Gasteiger partial charge on any atom is 0.143 e. The monoisotopic (exact) mass is 195 g/mol. The van der Waals surface area contributed by atoms with Crippen LogP contribution in [0.4, 0.5) is 0 Å². The van der Waals surface area contributed by atoms with Crippen LogP contribution in [0.2, 0.25) is 5.15 Å². The molecule has 2 rings (SSSR count). The number of aromatic nitrogens is 1. The quantitative estimate of drug-likeness (QED) is 0.679. The molecule has 0 atom stereocenters. The molecule has 0 aliphatic rings. The Morgan fingerprint density at radius 1 is 1.17 bits per heavy atom. The van der Waals surface area contributed by atoms with Crippen molar-refractivity contribution in [1.82, 2.24) is 4.37 Å². The number of hydrogen-bond acceptors (Lipinski definition) is 2. The molecule has 3 heteroatoms. The minimum Gasteiger partial charge on any atom is -0.180 e.